The highest BCUT2D eigenvalue weighted by Crippen LogP contribution is 2.31. The maximum Gasteiger partial charge on any atom is 0.403 e. The zero-order chi connectivity index (χ0) is 14.8. The van der Waals surface area contributed by atoms with Gasteiger partial charge in [0.05, 0.1) is 10.7 Å². The van der Waals surface area contributed by atoms with Crippen molar-refractivity contribution in [3.05, 3.63) is 27.7 Å². The smallest absolute Gasteiger partial charge is 0.403 e. The summed E-state index contributed by atoms with van der Waals surface area (Å²) in [6, 6.07) is 2.84. The monoisotopic (exact) mass is 315 g/mol. The fourth-order valence-corrected chi connectivity index (χ4v) is 1.79. The molecule has 1 atom stereocenters. The van der Waals surface area contributed by atoms with Gasteiger partial charge < -0.3 is 10.4 Å². The van der Waals surface area contributed by atoms with Crippen LogP contribution in [0.25, 0.3) is 0 Å². The second kappa shape index (κ2) is 5.88. The van der Waals surface area contributed by atoms with Crippen molar-refractivity contribution in [1.82, 2.24) is 0 Å². The lowest BCUT2D eigenvalue weighted by Crippen LogP contribution is -2.36. The third kappa shape index (κ3) is 4.18. The Hall–Kier alpha value is -1.14. The number of anilines is 1. The summed E-state index contributed by atoms with van der Waals surface area (Å²) < 4.78 is 37.3. The highest BCUT2D eigenvalue weighted by atomic mass is 35.5. The van der Waals surface area contributed by atoms with E-state index >= 15 is 0 Å². The van der Waals surface area contributed by atoms with Gasteiger partial charge in [0, 0.05) is 11.6 Å². The Morgan fingerprint density at radius 3 is 2.42 bits per heavy atom. The van der Waals surface area contributed by atoms with E-state index in [1.807, 2.05) is 0 Å². The lowest BCUT2D eigenvalue weighted by atomic mass is 10.1. The molecule has 0 heterocycles. The molecule has 1 unspecified atom stereocenters. The van der Waals surface area contributed by atoms with E-state index in [2.05, 4.69) is 5.32 Å². The lowest BCUT2D eigenvalue weighted by Gasteiger charge is -2.18. The predicted octanol–water partition coefficient (Wildman–Crippen LogP) is 3.98. The fourth-order valence-electron chi connectivity index (χ4n) is 1.34. The molecule has 0 aliphatic carbocycles. The maximum absolute atomic E-state index is 12.4. The van der Waals surface area contributed by atoms with Gasteiger partial charge in [-0.3, -0.25) is 4.79 Å². The van der Waals surface area contributed by atoms with E-state index in [-0.39, 0.29) is 10.7 Å². The Balaban J connectivity index is 2.86. The van der Waals surface area contributed by atoms with E-state index in [1.165, 1.54) is 12.1 Å². The molecule has 1 aromatic carbocycles. The van der Waals surface area contributed by atoms with Gasteiger partial charge in [0.25, 0.3) is 0 Å². The highest BCUT2D eigenvalue weighted by Gasteiger charge is 2.44. The second-order valence-electron chi connectivity index (χ2n) is 3.89. The average molecular weight is 316 g/mol. The molecule has 0 saturated carbocycles. The van der Waals surface area contributed by atoms with Gasteiger partial charge in [0.15, 0.2) is 5.92 Å². The molecule has 0 aliphatic heterocycles. The SMILES string of the molecule is Cc1cc(Cl)c(NCC(C(=O)O)C(F)(F)F)cc1Cl. The van der Waals surface area contributed by atoms with Crippen LogP contribution in [0.2, 0.25) is 10.0 Å². The third-order valence-electron chi connectivity index (χ3n) is 2.44. The van der Waals surface area contributed by atoms with E-state index in [4.69, 9.17) is 28.3 Å². The first-order chi connectivity index (χ1) is 8.62. The number of rotatable bonds is 4. The molecular formula is C11H10Cl2F3NO2. The number of aryl methyl sites for hydroxylation is 1. The second-order valence-corrected chi connectivity index (χ2v) is 4.71. The average Bonchev–Trinajstić information content (AvgIpc) is 2.23. The predicted molar refractivity (Wildman–Crippen MR) is 66.9 cm³/mol. The minimum absolute atomic E-state index is 0.160. The van der Waals surface area contributed by atoms with Crippen molar-refractivity contribution in [2.24, 2.45) is 5.92 Å². The Morgan fingerprint density at radius 2 is 1.95 bits per heavy atom. The van der Waals surface area contributed by atoms with Crippen LogP contribution in [0.15, 0.2) is 12.1 Å². The highest BCUT2D eigenvalue weighted by molar-refractivity contribution is 6.35. The zero-order valence-corrected chi connectivity index (χ0v) is 11.2. The van der Waals surface area contributed by atoms with E-state index in [1.54, 1.807) is 6.92 Å². The number of nitrogens with one attached hydrogen (secondary N) is 1. The summed E-state index contributed by atoms with van der Waals surface area (Å²) in [4.78, 5) is 10.6. The largest absolute Gasteiger partial charge is 0.481 e. The fraction of sp³-hybridized carbons (Fsp3) is 0.364. The molecule has 0 amide bonds. The first-order valence-electron chi connectivity index (χ1n) is 5.12. The van der Waals surface area contributed by atoms with Gasteiger partial charge in [-0.15, -0.1) is 0 Å². The molecule has 1 aromatic rings. The first kappa shape index (κ1) is 15.9. The van der Waals surface area contributed by atoms with Gasteiger partial charge in [-0.1, -0.05) is 23.2 Å². The molecule has 0 bridgehead atoms. The molecule has 0 fully saturated rings. The van der Waals surface area contributed by atoms with Gasteiger partial charge in [-0.05, 0) is 24.6 Å². The van der Waals surface area contributed by atoms with Crippen molar-refractivity contribution in [2.75, 3.05) is 11.9 Å². The number of hydrogen-bond acceptors (Lipinski definition) is 2. The van der Waals surface area contributed by atoms with Gasteiger partial charge >= 0.3 is 12.1 Å². The Kier molecular flexibility index (Phi) is 4.92. The molecule has 106 valence electrons. The minimum Gasteiger partial charge on any atom is -0.481 e. The summed E-state index contributed by atoms with van der Waals surface area (Å²) in [6.07, 6.45) is -4.83. The zero-order valence-electron chi connectivity index (χ0n) is 9.68. The van der Waals surface area contributed by atoms with Gasteiger partial charge in [-0.25, -0.2) is 0 Å². The molecular weight excluding hydrogens is 306 g/mol. The van der Waals surface area contributed by atoms with Crippen LogP contribution in [0.3, 0.4) is 0 Å². The van der Waals surface area contributed by atoms with Crippen molar-refractivity contribution in [3.63, 3.8) is 0 Å². The first-order valence-corrected chi connectivity index (χ1v) is 5.87. The molecule has 0 radical (unpaired) electrons. The molecule has 8 heteroatoms. The number of carboxylic acids is 1. The van der Waals surface area contributed by atoms with E-state index in [9.17, 15) is 18.0 Å². The van der Waals surface area contributed by atoms with Gasteiger partial charge in [0.2, 0.25) is 0 Å². The number of benzene rings is 1. The summed E-state index contributed by atoms with van der Waals surface area (Å²) in [7, 11) is 0. The minimum atomic E-state index is -4.83. The maximum atomic E-state index is 12.4. The summed E-state index contributed by atoms with van der Waals surface area (Å²) in [6.45, 7) is 0.867. The number of carboxylic acid groups (broad SMARTS) is 1. The standard InChI is InChI=1S/C11H10Cl2F3NO2/c1-5-2-8(13)9(3-7(5)12)17-4-6(10(18)19)11(14,15)16/h2-3,6,17H,4H2,1H3,(H,18,19). The Morgan fingerprint density at radius 1 is 1.37 bits per heavy atom. The van der Waals surface area contributed by atoms with Crippen molar-refractivity contribution in [3.8, 4) is 0 Å². The number of hydrogen-bond donors (Lipinski definition) is 2. The van der Waals surface area contributed by atoms with Crippen molar-refractivity contribution in [1.29, 1.82) is 0 Å². The molecule has 0 aromatic heterocycles. The van der Waals surface area contributed by atoms with Crippen LogP contribution in [0.1, 0.15) is 5.56 Å². The summed E-state index contributed by atoms with van der Waals surface area (Å²) in [5.41, 5.74) is 0.829. The summed E-state index contributed by atoms with van der Waals surface area (Å²) >= 11 is 11.6. The number of halogens is 5. The molecule has 0 spiro atoms. The summed E-state index contributed by atoms with van der Waals surface area (Å²) in [5.74, 6) is -4.46. The van der Waals surface area contributed by atoms with E-state index in [0.29, 0.717) is 10.6 Å². The number of carbonyl (C=O) groups is 1. The van der Waals surface area contributed by atoms with Crippen LogP contribution in [0.4, 0.5) is 18.9 Å². The van der Waals surface area contributed by atoms with Crippen LogP contribution >= 0.6 is 23.2 Å². The Labute approximate surface area is 117 Å². The van der Waals surface area contributed by atoms with Crippen molar-refractivity contribution < 1.29 is 23.1 Å². The van der Waals surface area contributed by atoms with Crippen molar-refractivity contribution in [2.45, 2.75) is 13.1 Å². The summed E-state index contributed by atoms with van der Waals surface area (Å²) in [5, 5.41) is 11.4. The molecule has 19 heavy (non-hydrogen) atoms. The third-order valence-corrected chi connectivity index (χ3v) is 3.16. The molecule has 0 aliphatic rings. The van der Waals surface area contributed by atoms with Crippen LogP contribution in [-0.2, 0) is 4.79 Å². The van der Waals surface area contributed by atoms with Gasteiger partial charge in [0.1, 0.15) is 0 Å². The molecule has 2 N–H and O–H groups in total. The van der Waals surface area contributed by atoms with Crippen LogP contribution < -0.4 is 5.32 Å². The van der Waals surface area contributed by atoms with Crippen molar-refractivity contribution >= 4 is 34.9 Å². The number of aliphatic carboxylic acids is 1. The lowest BCUT2D eigenvalue weighted by molar-refractivity contribution is -0.190. The van der Waals surface area contributed by atoms with E-state index < -0.39 is 24.6 Å². The molecule has 1 rings (SSSR count). The number of alkyl halides is 3. The van der Waals surface area contributed by atoms with E-state index in [0.717, 1.165) is 0 Å². The topological polar surface area (TPSA) is 49.3 Å². The van der Waals surface area contributed by atoms with Crippen LogP contribution in [-0.4, -0.2) is 23.8 Å². The van der Waals surface area contributed by atoms with Gasteiger partial charge in [-0.2, -0.15) is 13.2 Å². The van der Waals surface area contributed by atoms with Crippen LogP contribution in [0, 0.1) is 12.8 Å². The van der Waals surface area contributed by atoms with Crippen LogP contribution in [0.5, 0.6) is 0 Å². The normalized spacial score (nSPS) is 13.2. The molecule has 0 saturated heterocycles. The quantitative estimate of drug-likeness (QED) is 0.883. The molecule has 3 nitrogen and oxygen atoms in total. The Bertz CT molecular complexity index is 492.